The van der Waals surface area contributed by atoms with Gasteiger partial charge in [-0.1, -0.05) is 17.3 Å². The van der Waals surface area contributed by atoms with Crippen molar-refractivity contribution in [2.45, 2.75) is 13.1 Å². The minimum Gasteiger partial charge on any atom is -0.467 e. The maximum atomic E-state index is 12.0. The summed E-state index contributed by atoms with van der Waals surface area (Å²) in [6.45, 7) is 0.733. The summed E-state index contributed by atoms with van der Waals surface area (Å²) in [5, 5.41) is 7.70. The van der Waals surface area contributed by atoms with Crippen LogP contribution in [0.5, 0.6) is 0 Å². The van der Waals surface area contributed by atoms with E-state index in [1.807, 2.05) is 30.3 Å². The number of carbonyl (C=O) groups is 1. The number of furan rings is 1. The molecule has 2 amide bonds. The van der Waals surface area contributed by atoms with Crippen molar-refractivity contribution >= 4 is 17.0 Å². The quantitative estimate of drug-likeness (QED) is 0.800. The van der Waals surface area contributed by atoms with Gasteiger partial charge in [0.25, 0.3) is 0 Å². The maximum Gasteiger partial charge on any atom is 0.317 e. The summed E-state index contributed by atoms with van der Waals surface area (Å²) in [5.41, 5.74) is 1.43. The van der Waals surface area contributed by atoms with Crippen LogP contribution in [0.2, 0.25) is 0 Å². The van der Waals surface area contributed by atoms with E-state index in [9.17, 15) is 4.79 Å². The SMILES string of the molecule is CN(Cc1ccco1)C(=O)NCc1noc2ccccc12. The molecule has 6 heteroatoms. The van der Waals surface area contributed by atoms with E-state index in [1.54, 1.807) is 24.3 Å². The monoisotopic (exact) mass is 285 g/mol. The number of benzene rings is 1. The van der Waals surface area contributed by atoms with Crippen LogP contribution in [0, 0.1) is 0 Å². The van der Waals surface area contributed by atoms with E-state index in [2.05, 4.69) is 10.5 Å². The lowest BCUT2D eigenvalue weighted by molar-refractivity contribution is 0.202. The van der Waals surface area contributed by atoms with E-state index in [-0.39, 0.29) is 6.03 Å². The molecule has 0 aliphatic heterocycles. The van der Waals surface area contributed by atoms with Crippen LogP contribution >= 0.6 is 0 Å². The molecule has 0 saturated carbocycles. The summed E-state index contributed by atoms with van der Waals surface area (Å²) >= 11 is 0. The molecular formula is C15H15N3O3. The molecule has 0 spiro atoms. The van der Waals surface area contributed by atoms with Crippen molar-refractivity contribution in [2.75, 3.05) is 7.05 Å². The number of hydrogen-bond donors (Lipinski definition) is 1. The van der Waals surface area contributed by atoms with Gasteiger partial charge in [0.1, 0.15) is 11.5 Å². The standard InChI is InChI=1S/C15H15N3O3/c1-18(10-11-5-4-8-20-11)15(19)16-9-13-12-6-2-3-7-14(12)21-17-13/h2-8H,9-10H2,1H3,(H,16,19). The maximum absolute atomic E-state index is 12.0. The van der Waals surface area contributed by atoms with Crippen molar-refractivity contribution in [1.29, 1.82) is 0 Å². The molecule has 0 fully saturated rings. The number of nitrogens with zero attached hydrogens (tertiary/aromatic N) is 2. The van der Waals surface area contributed by atoms with Crippen molar-refractivity contribution in [1.82, 2.24) is 15.4 Å². The first-order valence-corrected chi connectivity index (χ1v) is 6.58. The first kappa shape index (κ1) is 13.2. The minimum atomic E-state index is -0.196. The predicted molar refractivity (Wildman–Crippen MR) is 76.4 cm³/mol. The summed E-state index contributed by atoms with van der Waals surface area (Å²) in [5.74, 6) is 0.736. The molecule has 2 aromatic heterocycles. The largest absolute Gasteiger partial charge is 0.467 e. The van der Waals surface area contributed by atoms with Crippen LogP contribution in [0.1, 0.15) is 11.5 Å². The third-order valence-electron chi connectivity index (χ3n) is 3.18. The number of hydrogen-bond acceptors (Lipinski definition) is 4. The van der Waals surface area contributed by atoms with Gasteiger partial charge in [-0.05, 0) is 24.3 Å². The van der Waals surface area contributed by atoms with Gasteiger partial charge < -0.3 is 19.2 Å². The van der Waals surface area contributed by atoms with Crippen molar-refractivity contribution in [3.63, 3.8) is 0 Å². The van der Waals surface area contributed by atoms with Crippen LogP contribution in [0.15, 0.2) is 51.6 Å². The van der Waals surface area contributed by atoms with Crippen LogP contribution in [0.4, 0.5) is 4.79 Å². The fourth-order valence-electron chi connectivity index (χ4n) is 2.07. The van der Waals surface area contributed by atoms with Crippen LogP contribution in [0.3, 0.4) is 0 Å². The number of carbonyl (C=O) groups excluding carboxylic acids is 1. The van der Waals surface area contributed by atoms with E-state index in [1.165, 1.54) is 0 Å². The number of fused-ring (bicyclic) bond motifs is 1. The van der Waals surface area contributed by atoms with Gasteiger partial charge in [0.15, 0.2) is 5.58 Å². The molecular weight excluding hydrogens is 270 g/mol. The van der Waals surface area contributed by atoms with Gasteiger partial charge in [-0.15, -0.1) is 0 Å². The van der Waals surface area contributed by atoms with Crippen molar-refractivity contribution in [3.8, 4) is 0 Å². The molecule has 0 bridgehead atoms. The highest BCUT2D eigenvalue weighted by Crippen LogP contribution is 2.17. The Morgan fingerprint density at radius 2 is 2.14 bits per heavy atom. The molecule has 108 valence electrons. The zero-order valence-electron chi connectivity index (χ0n) is 11.6. The average molecular weight is 285 g/mol. The lowest BCUT2D eigenvalue weighted by Gasteiger charge is -2.16. The number of urea groups is 1. The number of rotatable bonds is 4. The van der Waals surface area contributed by atoms with Gasteiger partial charge in [-0.2, -0.15) is 0 Å². The number of aromatic nitrogens is 1. The number of nitrogens with one attached hydrogen (secondary N) is 1. The van der Waals surface area contributed by atoms with Gasteiger partial charge in [0, 0.05) is 12.4 Å². The molecule has 0 aliphatic carbocycles. The Kier molecular flexibility index (Phi) is 3.59. The van der Waals surface area contributed by atoms with Crippen molar-refractivity contribution in [3.05, 3.63) is 54.1 Å². The molecule has 0 atom stereocenters. The van der Waals surface area contributed by atoms with Gasteiger partial charge in [-0.3, -0.25) is 0 Å². The van der Waals surface area contributed by atoms with Crippen LogP contribution < -0.4 is 5.32 Å². The van der Waals surface area contributed by atoms with Gasteiger partial charge in [-0.25, -0.2) is 4.79 Å². The van der Waals surface area contributed by atoms with Gasteiger partial charge in [0.05, 0.1) is 19.4 Å². The highest BCUT2D eigenvalue weighted by atomic mass is 16.5. The normalized spacial score (nSPS) is 10.7. The summed E-state index contributed by atoms with van der Waals surface area (Å²) in [7, 11) is 1.71. The highest BCUT2D eigenvalue weighted by Gasteiger charge is 2.12. The summed E-state index contributed by atoms with van der Waals surface area (Å²) in [6.07, 6.45) is 1.59. The second-order valence-electron chi connectivity index (χ2n) is 4.72. The molecule has 0 aliphatic rings. The molecule has 6 nitrogen and oxygen atoms in total. The summed E-state index contributed by atoms with van der Waals surface area (Å²) in [6, 6.07) is 11.0. The van der Waals surface area contributed by atoms with Crippen LogP contribution in [-0.4, -0.2) is 23.1 Å². The Balaban J connectivity index is 1.60. The summed E-state index contributed by atoms with van der Waals surface area (Å²) < 4.78 is 10.4. The molecule has 1 N–H and O–H groups in total. The Morgan fingerprint density at radius 1 is 1.29 bits per heavy atom. The molecule has 0 radical (unpaired) electrons. The highest BCUT2D eigenvalue weighted by molar-refractivity contribution is 5.80. The van der Waals surface area contributed by atoms with E-state index < -0.39 is 0 Å². The Hall–Kier alpha value is -2.76. The Bertz CT molecular complexity index is 734. The Labute approximate surface area is 121 Å². The molecule has 3 aromatic rings. The topological polar surface area (TPSA) is 71.5 Å². The first-order valence-electron chi connectivity index (χ1n) is 6.58. The lowest BCUT2D eigenvalue weighted by atomic mass is 10.2. The second-order valence-corrected chi connectivity index (χ2v) is 4.72. The van der Waals surface area contributed by atoms with Crippen molar-refractivity contribution < 1.29 is 13.7 Å². The Morgan fingerprint density at radius 3 is 2.95 bits per heavy atom. The van der Waals surface area contributed by atoms with E-state index in [0.29, 0.717) is 24.4 Å². The zero-order chi connectivity index (χ0) is 14.7. The third kappa shape index (κ3) is 2.89. The zero-order valence-corrected chi connectivity index (χ0v) is 11.6. The smallest absolute Gasteiger partial charge is 0.317 e. The van der Waals surface area contributed by atoms with Crippen LogP contribution in [-0.2, 0) is 13.1 Å². The van der Waals surface area contributed by atoms with E-state index >= 15 is 0 Å². The lowest BCUT2D eigenvalue weighted by Crippen LogP contribution is -2.36. The molecule has 2 heterocycles. The average Bonchev–Trinajstić information content (AvgIpc) is 3.14. The molecule has 0 unspecified atom stereocenters. The fourth-order valence-corrected chi connectivity index (χ4v) is 2.07. The second kappa shape index (κ2) is 5.70. The predicted octanol–water partition coefficient (Wildman–Crippen LogP) is 2.76. The summed E-state index contributed by atoms with van der Waals surface area (Å²) in [4.78, 5) is 13.6. The van der Waals surface area contributed by atoms with Gasteiger partial charge in [0.2, 0.25) is 0 Å². The third-order valence-corrected chi connectivity index (χ3v) is 3.18. The first-order chi connectivity index (χ1) is 10.2. The molecule has 1 aromatic carbocycles. The molecule has 0 saturated heterocycles. The fraction of sp³-hybridized carbons (Fsp3) is 0.200. The van der Waals surface area contributed by atoms with Crippen LogP contribution in [0.25, 0.3) is 11.0 Å². The molecule has 21 heavy (non-hydrogen) atoms. The van der Waals surface area contributed by atoms with E-state index in [4.69, 9.17) is 8.94 Å². The van der Waals surface area contributed by atoms with Crippen molar-refractivity contribution in [2.24, 2.45) is 0 Å². The number of para-hydroxylation sites is 1. The van der Waals surface area contributed by atoms with Gasteiger partial charge >= 0.3 is 6.03 Å². The van der Waals surface area contributed by atoms with E-state index in [0.717, 1.165) is 11.1 Å². The number of amides is 2. The molecule has 3 rings (SSSR count). The minimum absolute atomic E-state index is 0.196.